The molecule has 0 atom stereocenters. The van der Waals surface area contributed by atoms with Gasteiger partial charge in [-0.3, -0.25) is 0 Å². The number of benzene rings is 1. The molecule has 0 heterocycles. The average molecular weight is 317 g/mol. The van der Waals surface area contributed by atoms with E-state index in [1.165, 1.54) is 6.07 Å². The molecule has 9 nitrogen and oxygen atoms in total. The van der Waals surface area contributed by atoms with Gasteiger partial charge in [0.15, 0.2) is 0 Å². The summed E-state index contributed by atoms with van der Waals surface area (Å²) in [6, 6.07) is 2.93. The summed E-state index contributed by atoms with van der Waals surface area (Å²) in [6.45, 7) is 0.0894. The zero-order valence-electron chi connectivity index (χ0n) is 10.9. The molecule has 1 rings (SSSR count). The number of hydrogen-bond donors (Lipinski definition) is 5. The lowest BCUT2D eigenvalue weighted by Crippen LogP contribution is -2.31. The first kappa shape index (κ1) is 16.7. The Morgan fingerprint density at radius 2 is 1.95 bits per heavy atom. The van der Waals surface area contributed by atoms with E-state index in [1.54, 1.807) is 0 Å². The number of urea groups is 1. The number of nitrogens with one attached hydrogen (secondary N) is 2. The number of carboxylic acids is 1. The third-order valence-electron chi connectivity index (χ3n) is 2.38. The van der Waals surface area contributed by atoms with E-state index >= 15 is 0 Å². The van der Waals surface area contributed by atoms with Crippen molar-refractivity contribution in [2.24, 2.45) is 5.14 Å². The second-order valence-electron chi connectivity index (χ2n) is 4.14. The van der Waals surface area contributed by atoms with Crippen LogP contribution in [0.1, 0.15) is 16.8 Å². The number of carbonyl (C=O) groups excluding carboxylic acids is 1. The van der Waals surface area contributed by atoms with Crippen LogP contribution in [0.15, 0.2) is 18.2 Å². The first-order valence-electron chi connectivity index (χ1n) is 5.80. The highest BCUT2D eigenvalue weighted by molar-refractivity contribution is 7.89. The lowest BCUT2D eigenvalue weighted by molar-refractivity contribution is 0.0693. The largest absolute Gasteiger partial charge is 0.507 e. The fraction of sp³-hybridized carbons (Fsp3) is 0.273. The molecule has 0 saturated carbocycles. The first-order valence-corrected chi connectivity index (χ1v) is 7.52. The van der Waals surface area contributed by atoms with Gasteiger partial charge in [0.25, 0.3) is 0 Å². The summed E-state index contributed by atoms with van der Waals surface area (Å²) in [6.07, 6.45) is 0.155. The van der Waals surface area contributed by atoms with Gasteiger partial charge < -0.3 is 20.8 Å². The molecule has 0 aliphatic carbocycles. The van der Waals surface area contributed by atoms with Gasteiger partial charge in [0.1, 0.15) is 11.3 Å². The lowest BCUT2D eigenvalue weighted by atomic mass is 10.2. The molecule has 0 fully saturated rings. The predicted octanol–water partition coefficient (Wildman–Crippen LogP) is -0.109. The van der Waals surface area contributed by atoms with Gasteiger partial charge in [0.2, 0.25) is 10.0 Å². The van der Waals surface area contributed by atoms with Crippen molar-refractivity contribution in [3.8, 4) is 5.75 Å². The van der Waals surface area contributed by atoms with Gasteiger partial charge in [-0.05, 0) is 24.6 Å². The van der Waals surface area contributed by atoms with Gasteiger partial charge in [0.05, 0.1) is 5.75 Å². The van der Waals surface area contributed by atoms with Crippen LogP contribution in [0.5, 0.6) is 5.75 Å². The Hall–Kier alpha value is -2.33. The number of nitrogens with two attached hydrogens (primary N) is 1. The molecule has 2 amide bonds. The Morgan fingerprint density at radius 3 is 2.52 bits per heavy atom. The summed E-state index contributed by atoms with van der Waals surface area (Å²) >= 11 is 0. The average Bonchev–Trinajstić information content (AvgIpc) is 2.35. The summed E-state index contributed by atoms with van der Waals surface area (Å²) in [5.41, 5.74) is -0.170. The highest BCUT2D eigenvalue weighted by Gasteiger charge is 2.11. The van der Waals surface area contributed by atoms with Crippen molar-refractivity contribution < 1.29 is 28.2 Å². The Kier molecular flexibility index (Phi) is 5.50. The minimum atomic E-state index is -3.57. The number of sulfonamides is 1. The second-order valence-corrected chi connectivity index (χ2v) is 5.87. The Morgan fingerprint density at radius 1 is 1.29 bits per heavy atom. The minimum absolute atomic E-state index is 0.0894. The van der Waals surface area contributed by atoms with Gasteiger partial charge in [-0.1, -0.05) is 0 Å². The van der Waals surface area contributed by atoms with Gasteiger partial charge in [-0.25, -0.2) is 23.1 Å². The molecule has 6 N–H and O–H groups in total. The van der Waals surface area contributed by atoms with Gasteiger partial charge in [-0.2, -0.15) is 0 Å². The number of amides is 2. The van der Waals surface area contributed by atoms with E-state index in [1.807, 2.05) is 0 Å². The highest BCUT2D eigenvalue weighted by atomic mass is 32.2. The van der Waals surface area contributed by atoms with Crippen molar-refractivity contribution in [2.75, 3.05) is 17.6 Å². The van der Waals surface area contributed by atoms with Crippen LogP contribution in [-0.2, 0) is 10.0 Å². The maximum absolute atomic E-state index is 11.5. The molecule has 0 saturated heterocycles. The maximum Gasteiger partial charge on any atom is 0.339 e. The van der Waals surface area contributed by atoms with Crippen LogP contribution in [0.25, 0.3) is 0 Å². The topological polar surface area (TPSA) is 159 Å². The van der Waals surface area contributed by atoms with Crippen LogP contribution < -0.4 is 15.8 Å². The zero-order chi connectivity index (χ0) is 16.0. The Balaban J connectivity index is 2.52. The van der Waals surface area contributed by atoms with E-state index < -0.39 is 27.8 Å². The molecule has 0 aromatic heterocycles. The number of carbonyl (C=O) groups is 2. The van der Waals surface area contributed by atoms with Crippen LogP contribution in [0.3, 0.4) is 0 Å². The molecule has 1 aromatic rings. The Bertz CT molecular complexity index is 643. The summed E-state index contributed by atoms with van der Waals surface area (Å²) in [5, 5.41) is 27.7. The van der Waals surface area contributed by atoms with Crippen molar-refractivity contribution in [1.82, 2.24) is 5.32 Å². The summed E-state index contributed by atoms with van der Waals surface area (Å²) in [7, 11) is -3.57. The third-order valence-corrected chi connectivity index (χ3v) is 3.23. The van der Waals surface area contributed by atoms with Crippen LogP contribution in [-0.4, -0.2) is 42.9 Å². The molecule has 0 radical (unpaired) electrons. The van der Waals surface area contributed by atoms with Crippen molar-refractivity contribution in [1.29, 1.82) is 0 Å². The smallest absolute Gasteiger partial charge is 0.339 e. The number of phenols is 1. The quantitative estimate of drug-likeness (QED) is 0.363. The number of aromatic carboxylic acids is 1. The van der Waals surface area contributed by atoms with E-state index in [0.717, 1.165) is 12.1 Å². The molecule has 0 unspecified atom stereocenters. The number of rotatable bonds is 6. The number of hydrogen-bond acceptors (Lipinski definition) is 5. The molecule has 116 valence electrons. The van der Waals surface area contributed by atoms with Crippen molar-refractivity contribution >= 4 is 27.7 Å². The van der Waals surface area contributed by atoms with Crippen molar-refractivity contribution in [3.05, 3.63) is 23.8 Å². The standard InChI is InChI=1S/C11H15N3O6S/c12-21(19,20)5-1-4-13-11(18)14-7-2-3-9(15)8(6-7)10(16)17/h2-3,6,15H,1,4-5H2,(H,16,17)(H2,12,19,20)(H2,13,14,18). The van der Waals surface area contributed by atoms with Crippen LogP contribution in [0, 0.1) is 0 Å². The van der Waals surface area contributed by atoms with E-state index in [0.29, 0.717) is 0 Å². The molecule has 0 aliphatic rings. The molecular weight excluding hydrogens is 302 g/mol. The minimum Gasteiger partial charge on any atom is -0.507 e. The molecule has 10 heteroatoms. The summed E-state index contributed by atoms with van der Waals surface area (Å²) < 4.78 is 21.3. The fourth-order valence-corrected chi connectivity index (χ4v) is 1.98. The molecule has 0 spiro atoms. The van der Waals surface area contributed by atoms with Gasteiger partial charge >= 0.3 is 12.0 Å². The van der Waals surface area contributed by atoms with E-state index in [9.17, 15) is 23.1 Å². The fourth-order valence-electron chi connectivity index (χ4n) is 1.44. The molecular formula is C11H15N3O6S. The second kappa shape index (κ2) is 6.90. The molecule has 1 aromatic carbocycles. The zero-order valence-corrected chi connectivity index (χ0v) is 11.7. The molecule has 21 heavy (non-hydrogen) atoms. The van der Waals surface area contributed by atoms with E-state index in [2.05, 4.69) is 10.6 Å². The number of aromatic hydroxyl groups is 1. The highest BCUT2D eigenvalue weighted by Crippen LogP contribution is 2.21. The monoisotopic (exact) mass is 317 g/mol. The first-order chi connectivity index (χ1) is 9.69. The van der Waals surface area contributed by atoms with Crippen molar-refractivity contribution in [2.45, 2.75) is 6.42 Å². The normalized spacial score (nSPS) is 10.9. The van der Waals surface area contributed by atoms with E-state index in [4.69, 9.17) is 10.2 Å². The van der Waals surface area contributed by atoms with Crippen LogP contribution in [0.2, 0.25) is 0 Å². The number of carboxylic acid groups (broad SMARTS) is 1. The van der Waals surface area contributed by atoms with Gasteiger partial charge in [-0.15, -0.1) is 0 Å². The van der Waals surface area contributed by atoms with Gasteiger partial charge in [0, 0.05) is 12.2 Å². The summed E-state index contributed by atoms with van der Waals surface area (Å²) in [4.78, 5) is 22.3. The van der Waals surface area contributed by atoms with Crippen LogP contribution in [0.4, 0.5) is 10.5 Å². The molecule has 0 bridgehead atoms. The van der Waals surface area contributed by atoms with Crippen molar-refractivity contribution in [3.63, 3.8) is 0 Å². The predicted molar refractivity (Wildman–Crippen MR) is 74.7 cm³/mol. The van der Waals surface area contributed by atoms with E-state index in [-0.39, 0.29) is 30.0 Å². The number of primary sulfonamides is 1. The molecule has 0 aliphatic heterocycles. The number of anilines is 1. The summed E-state index contributed by atoms with van der Waals surface area (Å²) in [5.74, 6) is -2.00. The lowest BCUT2D eigenvalue weighted by Gasteiger charge is -2.08. The SMILES string of the molecule is NS(=O)(=O)CCCNC(=O)Nc1ccc(O)c(C(=O)O)c1. The Labute approximate surface area is 120 Å². The third kappa shape index (κ3) is 6.10. The van der Waals surface area contributed by atoms with Crippen LogP contribution >= 0.6 is 0 Å². The maximum atomic E-state index is 11.5.